The molecule has 0 amide bonds. The van der Waals surface area contributed by atoms with Crippen LogP contribution in [0, 0.1) is 0 Å². The van der Waals surface area contributed by atoms with Crippen LogP contribution in [0.3, 0.4) is 0 Å². The first-order valence-corrected chi connectivity index (χ1v) is 10.5. The molecular formula is C25H33NO3. The highest BCUT2D eigenvalue weighted by atomic mass is 16.6. The smallest absolute Gasteiger partial charge is 0.132 e. The Bertz CT molecular complexity index is 801. The van der Waals surface area contributed by atoms with E-state index < -0.39 is 5.60 Å². The summed E-state index contributed by atoms with van der Waals surface area (Å²) in [5, 5.41) is 3.38. The van der Waals surface area contributed by atoms with E-state index in [1.54, 1.807) is 0 Å². The molecule has 1 heterocycles. The zero-order valence-corrected chi connectivity index (χ0v) is 18.0. The van der Waals surface area contributed by atoms with Crippen LogP contribution in [-0.4, -0.2) is 31.5 Å². The van der Waals surface area contributed by atoms with Crippen LogP contribution in [0.15, 0.2) is 60.7 Å². The van der Waals surface area contributed by atoms with Crippen molar-refractivity contribution in [3.8, 4) is 5.75 Å². The molecule has 0 aromatic heterocycles. The number of anilines is 1. The summed E-state index contributed by atoms with van der Waals surface area (Å²) in [6.07, 6.45) is 4.48. The van der Waals surface area contributed by atoms with E-state index in [4.69, 9.17) is 14.2 Å². The Morgan fingerprint density at radius 1 is 1.10 bits per heavy atom. The average Bonchev–Trinajstić information content (AvgIpc) is 2.71. The second kappa shape index (κ2) is 9.95. The van der Waals surface area contributed by atoms with Gasteiger partial charge < -0.3 is 19.5 Å². The number of rotatable bonds is 9. The van der Waals surface area contributed by atoms with Crippen molar-refractivity contribution in [2.75, 3.05) is 25.1 Å². The SMILES string of the molecule is CC=CCOC1C(OCCc2ccccc2)c2cc(NCC)ccc2OC1(C)C. The van der Waals surface area contributed by atoms with E-state index in [1.807, 2.05) is 31.2 Å². The normalized spacial score (nSPS) is 20.3. The first kappa shape index (κ1) is 21.4. The molecule has 2 aromatic rings. The molecule has 156 valence electrons. The molecule has 0 spiro atoms. The lowest BCUT2D eigenvalue weighted by Crippen LogP contribution is -2.51. The van der Waals surface area contributed by atoms with E-state index in [2.05, 4.69) is 62.5 Å². The second-order valence-corrected chi connectivity index (χ2v) is 7.84. The topological polar surface area (TPSA) is 39.7 Å². The number of benzene rings is 2. The number of ether oxygens (including phenoxy) is 3. The molecule has 29 heavy (non-hydrogen) atoms. The maximum absolute atomic E-state index is 6.47. The van der Waals surface area contributed by atoms with Crippen LogP contribution in [0.25, 0.3) is 0 Å². The van der Waals surface area contributed by atoms with Crippen LogP contribution in [0.1, 0.15) is 44.9 Å². The van der Waals surface area contributed by atoms with Crippen LogP contribution in [0.2, 0.25) is 0 Å². The highest BCUT2D eigenvalue weighted by Gasteiger charge is 2.45. The molecule has 0 aliphatic carbocycles. The Morgan fingerprint density at radius 2 is 1.90 bits per heavy atom. The molecule has 3 rings (SSSR count). The van der Waals surface area contributed by atoms with Gasteiger partial charge in [0.2, 0.25) is 0 Å². The minimum atomic E-state index is -0.494. The van der Waals surface area contributed by atoms with E-state index in [0.717, 1.165) is 30.0 Å². The van der Waals surface area contributed by atoms with E-state index >= 15 is 0 Å². The largest absolute Gasteiger partial charge is 0.485 e. The van der Waals surface area contributed by atoms with Gasteiger partial charge >= 0.3 is 0 Å². The van der Waals surface area contributed by atoms with Crippen molar-refractivity contribution in [2.24, 2.45) is 0 Å². The third kappa shape index (κ3) is 5.40. The van der Waals surface area contributed by atoms with Crippen molar-refractivity contribution in [2.45, 2.75) is 51.9 Å². The van der Waals surface area contributed by atoms with Gasteiger partial charge in [-0.3, -0.25) is 0 Å². The van der Waals surface area contributed by atoms with Gasteiger partial charge in [0.25, 0.3) is 0 Å². The van der Waals surface area contributed by atoms with Crippen molar-refractivity contribution < 1.29 is 14.2 Å². The fourth-order valence-electron chi connectivity index (χ4n) is 3.72. The Hall–Kier alpha value is -2.30. The maximum Gasteiger partial charge on any atom is 0.132 e. The molecule has 0 radical (unpaired) electrons. The van der Waals surface area contributed by atoms with E-state index in [1.165, 1.54) is 5.56 Å². The fourth-order valence-corrected chi connectivity index (χ4v) is 3.72. The number of allylic oxidation sites excluding steroid dienone is 1. The lowest BCUT2D eigenvalue weighted by molar-refractivity contribution is -0.157. The average molecular weight is 396 g/mol. The maximum atomic E-state index is 6.47. The van der Waals surface area contributed by atoms with Gasteiger partial charge in [0.15, 0.2) is 0 Å². The summed E-state index contributed by atoms with van der Waals surface area (Å²) in [6.45, 7) is 10.3. The van der Waals surface area contributed by atoms with E-state index in [9.17, 15) is 0 Å². The number of hydrogen-bond acceptors (Lipinski definition) is 4. The summed E-state index contributed by atoms with van der Waals surface area (Å²) in [6, 6.07) is 16.7. The summed E-state index contributed by atoms with van der Waals surface area (Å²) in [5.41, 5.74) is 2.89. The molecule has 0 bridgehead atoms. The molecule has 2 atom stereocenters. The molecule has 1 N–H and O–H groups in total. The van der Waals surface area contributed by atoms with Crippen LogP contribution in [0.5, 0.6) is 5.75 Å². The van der Waals surface area contributed by atoms with Crippen LogP contribution in [0.4, 0.5) is 5.69 Å². The third-order valence-corrected chi connectivity index (χ3v) is 5.17. The Morgan fingerprint density at radius 3 is 2.62 bits per heavy atom. The van der Waals surface area contributed by atoms with Crippen LogP contribution >= 0.6 is 0 Å². The number of hydrogen-bond donors (Lipinski definition) is 1. The van der Waals surface area contributed by atoms with Crippen molar-refractivity contribution >= 4 is 5.69 Å². The Labute approximate surface area is 174 Å². The summed E-state index contributed by atoms with van der Waals surface area (Å²) >= 11 is 0. The minimum absolute atomic E-state index is 0.193. The molecule has 0 saturated heterocycles. The molecule has 0 saturated carbocycles. The van der Waals surface area contributed by atoms with Gasteiger partial charge in [0.1, 0.15) is 23.6 Å². The van der Waals surface area contributed by atoms with Gasteiger partial charge in [-0.1, -0.05) is 42.5 Å². The predicted octanol–water partition coefficient (Wildman–Crippen LogP) is 5.55. The van der Waals surface area contributed by atoms with Gasteiger partial charge in [-0.05, 0) is 57.9 Å². The quantitative estimate of drug-likeness (QED) is 0.565. The Balaban J connectivity index is 1.85. The van der Waals surface area contributed by atoms with Gasteiger partial charge in [0.05, 0.1) is 13.2 Å². The van der Waals surface area contributed by atoms with Gasteiger partial charge in [-0.15, -0.1) is 0 Å². The minimum Gasteiger partial charge on any atom is -0.485 e. The molecule has 1 aliphatic rings. The molecule has 1 aliphatic heterocycles. The molecule has 0 fully saturated rings. The van der Waals surface area contributed by atoms with Crippen molar-refractivity contribution in [3.05, 3.63) is 71.8 Å². The first-order chi connectivity index (χ1) is 14.0. The Kier molecular flexibility index (Phi) is 7.34. The summed E-state index contributed by atoms with van der Waals surface area (Å²) in [7, 11) is 0. The zero-order chi connectivity index (χ0) is 20.7. The molecule has 2 aromatic carbocycles. The van der Waals surface area contributed by atoms with Crippen LogP contribution in [-0.2, 0) is 15.9 Å². The highest BCUT2D eigenvalue weighted by molar-refractivity contribution is 5.53. The predicted molar refractivity (Wildman–Crippen MR) is 119 cm³/mol. The molecule has 4 heteroatoms. The van der Waals surface area contributed by atoms with Crippen LogP contribution < -0.4 is 10.1 Å². The van der Waals surface area contributed by atoms with Crippen molar-refractivity contribution in [1.29, 1.82) is 0 Å². The van der Waals surface area contributed by atoms with Crippen molar-refractivity contribution in [1.82, 2.24) is 0 Å². The first-order valence-electron chi connectivity index (χ1n) is 10.5. The summed E-state index contributed by atoms with van der Waals surface area (Å²) in [5.74, 6) is 0.868. The monoisotopic (exact) mass is 395 g/mol. The second-order valence-electron chi connectivity index (χ2n) is 7.84. The zero-order valence-electron chi connectivity index (χ0n) is 18.0. The molecule has 4 nitrogen and oxygen atoms in total. The lowest BCUT2D eigenvalue weighted by atomic mass is 9.87. The number of fused-ring (bicyclic) bond motifs is 1. The van der Waals surface area contributed by atoms with E-state index in [-0.39, 0.29) is 12.2 Å². The van der Waals surface area contributed by atoms with Gasteiger partial charge in [-0.25, -0.2) is 0 Å². The standard InChI is InChI=1S/C25H33NO3/c1-5-7-16-28-24-23(27-17-15-19-11-9-8-10-12-19)21-18-20(26-6-2)13-14-22(21)29-25(24,3)4/h5,7-14,18,23-24,26H,6,15-17H2,1-4H3. The van der Waals surface area contributed by atoms with E-state index in [0.29, 0.717) is 13.2 Å². The third-order valence-electron chi connectivity index (χ3n) is 5.17. The van der Waals surface area contributed by atoms with Crippen molar-refractivity contribution in [3.63, 3.8) is 0 Å². The highest BCUT2D eigenvalue weighted by Crippen LogP contribution is 2.44. The summed E-state index contributed by atoms with van der Waals surface area (Å²) in [4.78, 5) is 0. The fraction of sp³-hybridized carbons (Fsp3) is 0.440. The summed E-state index contributed by atoms with van der Waals surface area (Å²) < 4.78 is 19.1. The number of nitrogens with one attached hydrogen (secondary N) is 1. The lowest BCUT2D eigenvalue weighted by Gasteiger charge is -2.44. The van der Waals surface area contributed by atoms with Gasteiger partial charge in [-0.2, -0.15) is 0 Å². The molecule has 2 unspecified atom stereocenters. The van der Waals surface area contributed by atoms with Gasteiger partial charge in [0, 0.05) is 17.8 Å². The molecular weight excluding hydrogens is 362 g/mol.